The Hall–Kier alpha value is -2.67. The van der Waals surface area contributed by atoms with Crippen molar-refractivity contribution in [1.82, 2.24) is 0 Å². The van der Waals surface area contributed by atoms with E-state index >= 15 is 0 Å². The lowest BCUT2D eigenvalue weighted by Crippen LogP contribution is -2.26. The first-order valence-corrected chi connectivity index (χ1v) is 10.4. The van der Waals surface area contributed by atoms with Crippen LogP contribution in [0.25, 0.3) is 12.2 Å². The standard InChI is InChI=1S/C28H34O/c1-8-27(6,7)26-17-16-25(28(9-2,10-3)21(4)5)19-24(26)15-14-22-12-11-13-23(18-22)20-29/h8,11-20H,1,4,9-10H2,2-3,5-7H3. The molecule has 2 aromatic rings. The Labute approximate surface area is 176 Å². The van der Waals surface area contributed by atoms with Crippen molar-refractivity contribution in [2.45, 2.75) is 58.3 Å². The fourth-order valence-corrected chi connectivity index (χ4v) is 4.13. The lowest BCUT2D eigenvalue weighted by atomic mass is 9.69. The monoisotopic (exact) mass is 386 g/mol. The Bertz CT molecular complexity index is 923. The third-order valence-electron chi connectivity index (χ3n) is 6.33. The van der Waals surface area contributed by atoms with Crippen LogP contribution in [0.3, 0.4) is 0 Å². The van der Waals surface area contributed by atoms with Gasteiger partial charge in [0, 0.05) is 16.4 Å². The molecule has 0 unspecified atom stereocenters. The quantitative estimate of drug-likeness (QED) is 0.244. The van der Waals surface area contributed by atoms with Gasteiger partial charge in [0.15, 0.2) is 0 Å². The SMILES string of the molecule is C=CC(C)(C)c1ccc(C(CC)(CC)C(=C)C)cc1C=Cc1cccc(C=O)c1. The zero-order chi connectivity index (χ0) is 21.7. The molecular weight excluding hydrogens is 352 g/mol. The van der Waals surface area contributed by atoms with Gasteiger partial charge in [-0.25, -0.2) is 0 Å². The van der Waals surface area contributed by atoms with Gasteiger partial charge in [-0.2, -0.15) is 0 Å². The van der Waals surface area contributed by atoms with Crippen molar-refractivity contribution in [2.24, 2.45) is 0 Å². The van der Waals surface area contributed by atoms with Crippen LogP contribution >= 0.6 is 0 Å². The molecule has 1 heteroatoms. The number of hydrogen-bond donors (Lipinski definition) is 0. The molecule has 152 valence electrons. The topological polar surface area (TPSA) is 17.1 Å². The molecule has 0 saturated carbocycles. The van der Waals surface area contributed by atoms with Gasteiger partial charge in [0.05, 0.1) is 0 Å². The predicted octanol–water partition coefficient (Wildman–Crippen LogP) is 7.77. The maximum Gasteiger partial charge on any atom is 0.150 e. The molecule has 0 aliphatic heterocycles. The van der Waals surface area contributed by atoms with Gasteiger partial charge in [-0.05, 0) is 48.1 Å². The Morgan fingerprint density at radius 3 is 2.21 bits per heavy atom. The Morgan fingerprint density at radius 1 is 1.00 bits per heavy atom. The zero-order valence-corrected chi connectivity index (χ0v) is 18.6. The molecule has 29 heavy (non-hydrogen) atoms. The number of hydrogen-bond acceptors (Lipinski definition) is 1. The number of rotatable bonds is 9. The maximum absolute atomic E-state index is 11.1. The summed E-state index contributed by atoms with van der Waals surface area (Å²) in [7, 11) is 0. The second-order valence-corrected chi connectivity index (χ2v) is 8.42. The molecule has 0 atom stereocenters. The highest BCUT2D eigenvalue weighted by Gasteiger charge is 2.30. The van der Waals surface area contributed by atoms with Crippen molar-refractivity contribution in [3.63, 3.8) is 0 Å². The van der Waals surface area contributed by atoms with E-state index in [1.807, 2.05) is 30.3 Å². The fraction of sp³-hybridized carbons (Fsp3) is 0.321. The van der Waals surface area contributed by atoms with Gasteiger partial charge in [-0.3, -0.25) is 4.79 Å². The fourth-order valence-electron chi connectivity index (χ4n) is 4.13. The zero-order valence-electron chi connectivity index (χ0n) is 18.6. The van der Waals surface area contributed by atoms with Crippen LogP contribution in [0.1, 0.15) is 80.1 Å². The smallest absolute Gasteiger partial charge is 0.150 e. The van der Waals surface area contributed by atoms with Crippen LogP contribution in [0, 0.1) is 0 Å². The lowest BCUT2D eigenvalue weighted by Gasteiger charge is -2.34. The van der Waals surface area contributed by atoms with E-state index in [1.54, 1.807) is 0 Å². The molecule has 0 saturated heterocycles. The van der Waals surface area contributed by atoms with Crippen molar-refractivity contribution in [1.29, 1.82) is 0 Å². The Balaban J connectivity index is 2.65. The van der Waals surface area contributed by atoms with Crippen LogP contribution in [0.15, 0.2) is 67.3 Å². The van der Waals surface area contributed by atoms with E-state index in [2.05, 4.69) is 78.1 Å². The predicted molar refractivity (Wildman–Crippen MR) is 127 cm³/mol. The minimum atomic E-state index is -0.146. The Kier molecular flexibility index (Phi) is 7.19. The highest BCUT2D eigenvalue weighted by molar-refractivity contribution is 5.79. The summed E-state index contributed by atoms with van der Waals surface area (Å²) in [6, 6.07) is 14.5. The van der Waals surface area contributed by atoms with E-state index in [1.165, 1.54) is 22.3 Å². The molecule has 2 rings (SSSR count). The first-order valence-electron chi connectivity index (χ1n) is 10.4. The summed E-state index contributed by atoms with van der Waals surface area (Å²) in [6.45, 7) is 19.3. The summed E-state index contributed by atoms with van der Waals surface area (Å²) in [5.74, 6) is 0. The van der Waals surface area contributed by atoms with Crippen molar-refractivity contribution >= 4 is 18.4 Å². The van der Waals surface area contributed by atoms with Crippen molar-refractivity contribution < 1.29 is 4.79 Å². The van der Waals surface area contributed by atoms with Crippen molar-refractivity contribution in [3.05, 3.63) is 95.1 Å². The van der Waals surface area contributed by atoms with E-state index in [0.29, 0.717) is 5.56 Å². The minimum absolute atomic E-state index is 0.0170. The van der Waals surface area contributed by atoms with E-state index in [0.717, 1.165) is 24.7 Å². The summed E-state index contributed by atoms with van der Waals surface area (Å²) in [5.41, 5.74) is 6.46. The second-order valence-electron chi connectivity index (χ2n) is 8.42. The molecule has 0 bridgehead atoms. The third-order valence-corrected chi connectivity index (χ3v) is 6.33. The van der Waals surface area contributed by atoms with Gasteiger partial charge >= 0.3 is 0 Å². The Morgan fingerprint density at radius 2 is 1.66 bits per heavy atom. The van der Waals surface area contributed by atoms with Gasteiger partial charge in [-0.15, -0.1) is 6.58 Å². The molecule has 0 heterocycles. The van der Waals surface area contributed by atoms with Gasteiger partial charge in [-0.1, -0.05) is 94.5 Å². The van der Waals surface area contributed by atoms with Crippen LogP contribution in [-0.4, -0.2) is 6.29 Å². The number of carbonyl (C=O) groups is 1. The molecule has 0 amide bonds. The van der Waals surface area contributed by atoms with Crippen LogP contribution < -0.4 is 0 Å². The van der Waals surface area contributed by atoms with E-state index in [-0.39, 0.29) is 10.8 Å². The maximum atomic E-state index is 11.1. The molecule has 0 radical (unpaired) electrons. The van der Waals surface area contributed by atoms with Gasteiger partial charge in [0.2, 0.25) is 0 Å². The molecule has 0 spiro atoms. The first-order chi connectivity index (χ1) is 13.7. The molecule has 0 fully saturated rings. The van der Waals surface area contributed by atoms with Gasteiger partial charge in [0.1, 0.15) is 6.29 Å². The van der Waals surface area contributed by atoms with E-state index in [9.17, 15) is 4.79 Å². The normalized spacial score (nSPS) is 12.2. The van der Waals surface area contributed by atoms with Crippen LogP contribution in [0.5, 0.6) is 0 Å². The number of allylic oxidation sites excluding steroid dienone is 2. The largest absolute Gasteiger partial charge is 0.298 e. The van der Waals surface area contributed by atoms with Crippen molar-refractivity contribution in [3.8, 4) is 0 Å². The molecule has 2 aromatic carbocycles. The average molecular weight is 387 g/mol. The summed E-state index contributed by atoms with van der Waals surface area (Å²) in [6.07, 6.45) is 9.16. The lowest BCUT2D eigenvalue weighted by molar-refractivity contribution is 0.112. The number of aldehydes is 1. The highest BCUT2D eigenvalue weighted by Crippen LogP contribution is 2.40. The molecular formula is C28H34O. The average Bonchev–Trinajstić information content (AvgIpc) is 2.73. The highest BCUT2D eigenvalue weighted by atomic mass is 16.1. The second kappa shape index (κ2) is 9.22. The number of carbonyl (C=O) groups excluding carboxylic acids is 1. The van der Waals surface area contributed by atoms with Gasteiger partial charge < -0.3 is 0 Å². The summed E-state index contributed by atoms with van der Waals surface area (Å²) < 4.78 is 0. The molecule has 1 nitrogen and oxygen atoms in total. The van der Waals surface area contributed by atoms with E-state index in [4.69, 9.17) is 0 Å². The first kappa shape index (κ1) is 22.6. The third kappa shape index (κ3) is 4.67. The summed E-state index contributed by atoms with van der Waals surface area (Å²) in [4.78, 5) is 11.1. The van der Waals surface area contributed by atoms with Crippen LogP contribution in [0.2, 0.25) is 0 Å². The van der Waals surface area contributed by atoms with Crippen molar-refractivity contribution in [2.75, 3.05) is 0 Å². The molecule has 0 aliphatic rings. The number of benzene rings is 2. The van der Waals surface area contributed by atoms with Crippen LogP contribution in [-0.2, 0) is 10.8 Å². The molecule has 0 aromatic heterocycles. The van der Waals surface area contributed by atoms with Gasteiger partial charge in [0.25, 0.3) is 0 Å². The van der Waals surface area contributed by atoms with Crippen LogP contribution in [0.4, 0.5) is 0 Å². The minimum Gasteiger partial charge on any atom is -0.298 e. The summed E-state index contributed by atoms with van der Waals surface area (Å²) >= 11 is 0. The molecule has 0 N–H and O–H groups in total. The van der Waals surface area contributed by atoms with E-state index < -0.39 is 0 Å². The summed E-state index contributed by atoms with van der Waals surface area (Å²) in [5, 5.41) is 0. The molecule has 0 aliphatic carbocycles.